The Balaban J connectivity index is 1.63. The highest BCUT2D eigenvalue weighted by Crippen LogP contribution is 2.35. The summed E-state index contributed by atoms with van der Waals surface area (Å²) in [6.45, 7) is 6.09. The Bertz CT molecular complexity index is 1100. The van der Waals surface area contributed by atoms with Crippen molar-refractivity contribution in [1.29, 1.82) is 0 Å². The van der Waals surface area contributed by atoms with Crippen LogP contribution in [-0.2, 0) is 27.2 Å². The Kier molecular flexibility index (Phi) is 6.90. The van der Waals surface area contributed by atoms with Gasteiger partial charge in [0.05, 0.1) is 18.8 Å². The second-order valence-electron chi connectivity index (χ2n) is 8.04. The summed E-state index contributed by atoms with van der Waals surface area (Å²) in [6, 6.07) is 15.3. The van der Waals surface area contributed by atoms with E-state index in [1.165, 1.54) is 0 Å². The number of rotatable bonds is 8. The van der Waals surface area contributed by atoms with Crippen molar-refractivity contribution in [2.24, 2.45) is 0 Å². The van der Waals surface area contributed by atoms with Crippen LogP contribution in [0.3, 0.4) is 0 Å². The van der Waals surface area contributed by atoms with Crippen LogP contribution < -0.4 is 5.32 Å². The van der Waals surface area contributed by atoms with Crippen LogP contribution in [0.5, 0.6) is 0 Å². The van der Waals surface area contributed by atoms with Crippen LogP contribution in [0.4, 0.5) is 0 Å². The number of carbonyl (C=O) groups excluding carboxylic acids is 2. The number of nitrogens with one attached hydrogen (secondary N) is 1. The summed E-state index contributed by atoms with van der Waals surface area (Å²) >= 11 is 0. The molecule has 0 aliphatic carbocycles. The molecule has 0 spiro atoms. The SMILES string of the molecule is CCCCOC(=O)c1ccc(Cn2c3c(c4ccccc42)C(C(=O)OCC)NCC3)cc1. The highest BCUT2D eigenvalue weighted by atomic mass is 16.5. The van der Waals surface area contributed by atoms with Crippen LogP contribution in [0, 0.1) is 0 Å². The highest BCUT2D eigenvalue weighted by Gasteiger charge is 2.32. The summed E-state index contributed by atoms with van der Waals surface area (Å²) < 4.78 is 12.9. The molecule has 1 atom stereocenters. The number of esters is 2. The summed E-state index contributed by atoms with van der Waals surface area (Å²) in [5.41, 5.74) is 4.92. The third-order valence-electron chi connectivity index (χ3n) is 5.90. The molecule has 0 bridgehead atoms. The number of aromatic nitrogens is 1. The van der Waals surface area contributed by atoms with Gasteiger partial charge in [-0.05, 0) is 37.1 Å². The number of nitrogens with zero attached hydrogens (tertiary/aromatic N) is 1. The van der Waals surface area contributed by atoms with E-state index in [-0.39, 0.29) is 11.9 Å². The fourth-order valence-electron chi connectivity index (χ4n) is 4.34. The van der Waals surface area contributed by atoms with Crippen LogP contribution in [0.15, 0.2) is 48.5 Å². The molecule has 1 N–H and O–H groups in total. The van der Waals surface area contributed by atoms with Crippen LogP contribution in [0.1, 0.15) is 59.9 Å². The molecular weight excluding hydrogens is 404 g/mol. The molecule has 6 heteroatoms. The standard InChI is InChI=1S/C26H30N2O4/c1-3-5-16-32-25(29)19-12-10-18(11-13-19)17-28-21-9-7-6-8-20(21)23-22(28)14-15-27-24(23)26(30)31-4-2/h6-13,24,27H,3-5,14-17H2,1-2H3. The lowest BCUT2D eigenvalue weighted by molar-refractivity contribution is -0.146. The normalized spacial score (nSPS) is 15.4. The molecule has 0 saturated heterocycles. The van der Waals surface area contributed by atoms with Crippen molar-refractivity contribution in [1.82, 2.24) is 9.88 Å². The molecule has 1 aromatic heterocycles. The van der Waals surface area contributed by atoms with E-state index in [0.717, 1.165) is 53.5 Å². The maximum atomic E-state index is 12.6. The first-order chi connectivity index (χ1) is 15.6. The zero-order valence-electron chi connectivity index (χ0n) is 18.7. The van der Waals surface area contributed by atoms with E-state index in [2.05, 4.69) is 28.9 Å². The first-order valence-corrected chi connectivity index (χ1v) is 11.4. The summed E-state index contributed by atoms with van der Waals surface area (Å²) in [4.78, 5) is 24.8. The maximum absolute atomic E-state index is 12.6. The molecule has 1 unspecified atom stereocenters. The second-order valence-corrected chi connectivity index (χ2v) is 8.04. The van der Waals surface area contributed by atoms with Crippen molar-refractivity contribution in [2.45, 2.75) is 45.7 Å². The van der Waals surface area contributed by atoms with Crippen molar-refractivity contribution in [3.05, 3.63) is 70.9 Å². The van der Waals surface area contributed by atoms with Crippen LogP contribution in [-0.4, -0.2) is 36.3 Å². The molecule has 6 nitrogen and oxygen atoms in total. The molecule has 0 radical (unpaired) electrons. The largest absolute Gasteiger partial charge is 0.465 e. The van der Waals surface area contributed by atoms with Crippen molar-refractivity contribution in [2.75, 3.05) is 19.8 Å². The monoisotopic (exact) mass is 434 g/mol. The predicted octanol–water partition coefficient (Wildman–Crippen LogP) is 4.40. The lowest BCUT2D eigenvalue weighted by atomic mass is 9.98. The van der Waals surface area contributed by atoms with Gasteiger partial charge in [0.15, 0.2) is 0 Å². The third-order valence-corrected chi connectivity index (χ3v) is 5.90. The Labute approximate surface area is 188 Å². The second kappa shape index (κ2) is 10.0. The molecule has 0 fully saturated rings. The number of ether oxygens (including phenoxy) is 2. The van der Waals surface area contributed by atoms with Gasteiger partial charge in [0.25, 0.3) is 0 Å². The lowest BCUT2D eigenvalue weighted by Gasteiger charge is -2.24. The fraction of sp³-hybridized carbons (Fsp3) is 0.385. The molecule has 32 heavy (non-hydrogen) atoms. The molecular formula is C26H30N2O4. The van der Waals surface area contributed by atoms with Gasteiger partial charge in [-0.3, -0.25) is 0 Å². The van der Waals surface area contributed by atoms with Gasteiger partial charge in [-0.15, -0.1) is 0 Å². The van der Waals surface area contributed by atoms with Crippen molar-refractivity contribution >= 4 is 22.8 Å². The van der Waals surface area contributed by atoms with Crippen LogP contribution in [0.2, 0.25) is 0 Å². The number of fused-ring (bicyclic) bond motifs is 3. The first kappa shape index (κ1) is 22.1. The quantitative estimate of drug-likeness (QED) is 0.420. The summed E-state index contributed by atoms with van der Waals surface area (Å²) in [7, 11) is 0. The van der Waals surface area contributed by atoms with Gasteiger partial charge in [-0.25, -0.2) is 9.59 Å². The van der Waals surface area contributed by atoms with Crippen molar-refractivity contribution < 1.29 is 19.1 Å². The molecule has 2 heterocycles. The molecule has 0 amide bonds. The molecule has 4 rings (SSSR count). The maximum Gasteiger partial charge on any atom is 0.338 e. The summed E-state index contributed by atoms with van der Waals surface area (Å²) in [5.74, 6) is -0.514. The number of carbonyl (C=O) groups is 2. The van der Waals surface area contributed by atoms with Gasteiger partial charge in [0.1, 0.15) is 6.04 Å². The van der Waals surface area contributed by atoms with Gasteiger partial charge < -0.3 is 19.4 Å². The van der Waals surface area contributed by atoms with Crippen LogP contribution >= 0.6 is 0 Å². The minimum atomic E-state index is -0.454. The van der Waals surface area contributed by atoms with E-state index in [1.807, 2.05) is 43.3 Å². The molecule has 2 aromatic carbocycles. The van der Waals surface area contributed by atoms with E-state index in [1.54, 1.807) is 0 Å². The van der Waals surface area contributed by atoms with Crippen molar-refractivity contribution in [3.63, 3.8) is 0 Å². The van der Waals surface area contributed by atoms with Crippen molar-refractivity contribution in [3.8, 4) is 0 Å². The number of benzene rings is 2. The Morgan fingerprint density at radius 2 is 1.84 bits per heavy atom. The number of hydrogen-bond acceptors (Lipinski definition) is 5. The molecule has 3 aromatic rings. The van der Waals surface area contributed by atoms with E-state index in [0.29, 0.717) is 25.3 Å². The zero-order chi connectivity index (χ0) is 22.5. The van der Waals surface area contributed by atoms with Gasteiger partial charge in [0, 0.05) is 41.7 Å². The average molecular weight is 435 g/mol. The number of hydrogen-bond donors (Lipinski definition) is 1. The predicted molar refractivity (Wildman–Crippen MR) is 124 cm³/mol. The smallest absolute Gasteiger partial charge is 0.338 e. The fourth-order valence-corrected chi connectivity index (χ4v) is 4.34. The van der Waals surface area contributed by atoms with E-state index >= 15 is 0 Å². The Hall–Kier alpha value is -3.12. The zero-order valence-corrected chi connectivity index (χ0v) is 18.7. The minimum Gasteiger partial charge on any atom is -0.465 e. The van der Waals surface area contributed by atoms with Crippen LogP contribution in [0.25, 0.3) is 10.9 Å². The van der Waals surface area contributed by atoms with Gasteiger partial charge in [-0.2, -0.15) is 0 Å². The van der Waals surface area contributed by atoms with Gasteiger partial charge in [0.2, 0.25) is 0 Å². The van der Waals surface area contributed by atoms with Gasteiger partial charge >= 0.3 is 11.9 Å². The van der Waals surface area contributed by atoms with E-state index < -0.39 is 6.04 Å². The average Bonchev–Trinajstić information content (AvgIpc) is 3.13. The first-order valence-electron chi connectivity index (χ1n) is 11.4. The highest BCUT2D eigenvalue weighted by molar-refractivity contribution is 5.92. The third kappa shape index (κ3) is 4.41. The number of para-hydroxylation sites is 1. The summed E-state index contributed by atoms with van der Waals surface area (Å²) in [6.07, 6.45) is 2.70. The van der Waals surface area contributed by atoms with E-state index in [4.69, 9.17) is 9.47 Å². The number of unbranched alkanes of at least 4 members (excludes halogenated alkanes) is 1. The van der Waals surface area contributed by atoms with Gasteiger partial charge in [-0.1, -0.05) is 43.7 Å². The van der Waals surface area contributed by atoms with E-state index in [9.17, 15) is 9.59 Å². The topological polar surface area (TPSA) is 69.6 Å². The summed E-state index contributed by atoms with van der Waals surface area (Å²) in [5, 5.41) is 4.40. The minimum absolute atomic E-state index is 0.234. The molecule has 0 saturated carbocycles. The molecule has 168 valence electrons. The lowest BCUT2D eigenvalue weighted by Crippen LogP contribution is -2.36. The Morgan fingerprint density at radius 3 is 2.59 bits per heavy atom. The molecule has 1 aliphatic rings. The molecule has 1 aliphatic heterocycles. The Morgan fingerprint density at radius 1 is 1.06 bits per heavy atom.